The number of aryl methyl sites for hydroxylation is 3. The minimum absolute atomic E-state index is 0.0401. The van der Waals surface area contributed by atoms with Gasteiger partial charge in [-0.3, -0.25) is 4.79 Å². The van der Waals surface area contributed by atoms with Crippen molar-refractivity contribution in [3.05, 3.63) is 64.8 Å². The zero-order chi connectivity index (χ0) is 16.7. The van der Waals surface area contributed by atoms with E-state index in [0.717, 1.165) is 24.9 Å². The maximum Gasteiger partial charge on any atom is 0.227 e. The number of H-pyrrole nitrogens is 1. The van der Waals surface area contributed by atoms with Crippen LogP contribution in [0.4, 0.5) is 5.69 Å². The largest absolute Gasteiger partial charge is 0.358 e. The molecule has 4 rings (SSSR count). The molecule has 3 nitrogen and oxygen atoms in total. The van der Waals surface area contributed by atoms with Crippen molar-refractivity contribution in [2.75, 3.05) is 5.32 Å². The predicted octanol–water partition coefficient (Wildman–Crippen LogP) is 4.53. The molecule has 1 aliphatic rings. The normalized spacial score (nSPS) is 16.8. The van der Waals surface area contributed by atoms with Gasteiger partial charge in [0.2, 0.25) is 5.91 Å². The molecule has 0 aliphatic heterocycles. The standard InChI is InChI=1S/C21H22N2O/c1-13-3-7-16(8-4-13)22-21(24)15-6-10-20-18(12-15)17-11-14(2)5-9-19(17)23-20/h3-5,7-9,11,15,23H,6,10,12H2,1-2H3,(H,22,24). The molecule has 3 aromatic rings. The van der Waals surface area contributed by atoms with Crippen LogP contribution in [0.2, 0.25) is 0 Å². The summed E-state index contributed by atoms with van der Waals surface area (Å²) in [4.78, 5) is 16.2. The Labute approximate surface area is 142 Å². The van der Waals surface area contributed by atoms with Gasteiger partial charge in [0.15, 0.2) is 0 Å². The summed E-state index contributed by atoms with van der Waals surface area (Å²) in [7, 11) is 0. The van der Waals surface area contributed by atoms with Gasteiger partial charge in [-0.1, -0.05) is 29.3 Å². The van der Waals surface area contributed by atoms with Crippen molar-refractivity contribution < 1.29 is 4.79 Å². The molecule has 1 unspecified atom stereocenters. The molecule has 0 bridgehead atoms. The third kappa shape index (κ3) is 2.71. The van der Waals surface area contributed by atoms with Crippen LogP contribution in [-0.4, -0.2) is 10.9 Å². The van der Waals surface area contributed by atoms with E-state index in [1.54, 1.807) is 0 Å². The van der Waals surface area contributed by atoms with Crippen molar-refractivity contribution in [1.29, 1.82) is 0 Å². The molecule has 1 amide bonds. The maximum atomic E-state index is 12.7. The molecule has 1 atom stereocenters. The van der Waals surface area contributed by atoms with E-state index in [4.69, 9.17) is 0 Å². The summed E-state index contributed by atoms with van der Waals surface area (Å²) in [5.74, 6) is 0.171. The van der Waals surface area contributed by atoms with Gasteiger partial charge in [-0.25, -0.2) is 0 Å². The van der Waals surface area contributed by atoms with Crippen LogP contribution in [0.15, 0.2) is 42.5 Å². The Balaban J connectivity index is 1.57. The first-order valence-corrected chi connectivity index (χ1v) is 8.58. The van der Waals surface area contributed by atoms with E-state index in [2.05, 4.69) is 35.4 Å². The Morgan fingerprint density at radius 2 is 1.83 bits per heavy atom. The second-order valence-electron chi connectivity index (χ2n) is 6.93. The van der Waals surface area contributed by atoms with Crippen LogP contribution < -0.4 is 5.32 Å². The number of fused-ring (bicyclic) bond motifs is 3. The molecule has 0 spiro atoms. The van der Waals surface area contributed by atoms with Gasteiger partial charge in [0.05, 0.1) is 0 Å². The molecule has 0 saturated heterocycles. The minimum atomic E-state index is 0.0401. The molecule has 1 aliphatic carbocycles. The molecule has 1 heterocycles. The molecule has 1 aromatic heterocycles. The number of carbonyl (C=O) groups excluding carboxylic acids is 1. The fourth-order valence-corrected chi connectivity index (χ4v) is 3.64. The van der Waals surface area contributed by atoms with E-state index in [1.807, 2.05) is 31.2 Å². The van der Waals surface area contributed by atoms with Gasteiger partial charge in [-0.05, 0) is 62.9 Å². The van der Waals surface area contributed by atoms with Gasteiger partial charge in [0, 0.05) is 28.2 Å². The summed E-state index contributed by atoms with van der Waals surface area (Å²) >= 11 is 0. The molecule has 0 fully saturated rings. The third-order valence-electron chi connectivity index (χ3n) is 5.03. The number of amides is 1. The lowest BCUT2D eigenvalue weighted by Crippen LogP contribution is -2.28. The monoisotopic (exact) mass is 318 g/mol. The SMILES string of the molecule is Cc1ccc(NC(=O)C2CCc3[nH]c4ccc(C)cc4c3C2)cc1. The van der Waals surface area contributed by atoms with Gasteiger partial charge >= 0.3 is 0 Å². The highest BCUT2D eigenvalue weighted by Crippen LogP contribution is 2.32. The number of benzene rings is 2. The Bertz CT molecular complexity index is 905. The Kier molecular flexibility index (Phi) is 3.64. The number of nitrogens with one attached hydrogen (secondary N) is 2. The van der Waals surface area contributed by atoms with E-state index in [0.29, 0.717) is 0 Å². The van der Waals surface area contributed by atoms with Crippen LogP contribution in [-0.2, 0) is 17.6 Å². The van der Waals surface area contributed by atoms with E-state index < -0.39 is 0 Å². The van der Waals surface area contributed by atoms with E-state index in [-0.39, 0.29) is 11.8 Å². The van der Waals surface area contributed by atoms with Crippen molar-refractivity contribution in [3.63, 3.8) is 0 Å². The Morgan fingerprint density at radius 3 is 2.62 bits per heavy atom. The highest BCUT2D eigenvalue weighted by molar-refractivity contribution is 5.94. The fraction of sp³-hybridized carbons (Fsp3) is 0.286. The van der Waals surface area contributed by atoms with Gasteiger partial charge in [0.1, 0.15) is 0 Å². The van der Waals surface area contributed by atoms with Crippen molar-refractivity contribution in [2.24, 2.45) is 5.92 Å². The summed E-state index contributed by atoms with van der Waals surface area (Å²) < 4.78 is 0. The summed E-state index contributed by atoms with van der Waals surface area (Å²) in [5.41, 5.74) is 7.15. The molecular formula is C21H22N2O. The first kappa shape index (κ1) is 15.0. The highest BCUT2D eigenvalue weighted by atomic mass is 16.1. The number of carbonyl (C=O) groups is 1. The molecule has 122 valence electrons. The summed E-state index contributed by atoms with van der Waals surface area (Å²) in [6.07, 6.45) is 2.65. The van der Waals surface area contributed by atoms with Crippen LogP contribution >= 0.6 is 0 Å². The lowest BCUT2D eigenvalue weighted by Gasteiger charge is -2.22. The molecule has 2 aromatic carbocycles. The first-order chi connectivity index (χ1) is 11.6. The molecule has 0 radical (unpaired) electrons. The molecule has 24 heavy (non-hydrogen) atoms. The fourth-order valence-electron chi connectivity index (χ4n) is 3.64. The molecule has 3 heteroatoms. The van der Waals surface area contributed by atoms with E-state index >= 15 is 0 Å². The minimum Gasteiger partial charge on any atom is -0.358 e. The number of hydrogen-bond donors (Lipinski definition) is 2. The van der Waals surface area contributed by atoms with Gasteiger partial charge in [-0.15, -0.1) is 0 Å². The highest BCUT2D eigenvalue weighted by Gasteiger charge is 2.27. The predicted molar refractivity (Wildman–Crippen MR) is 98.4 cm³/mol. The average Bonchev–Trinajstić information content (AvgIpc) is 2.94. The zero-order valence-electron chi connectivity index (χ0n) is 14.1. The average molecular weight is 318 g/mol. The number of aromatic nitrogens is 1. The zero-order valence-corrected chi connectivity index (χ0v) is 14.1. The van der Waals surface area contributed by atoms with Crippen LogP contribution in [0, 0.1) is 19.8 Å². The summed E-state index contributed by atoms with van der Waals surface area (Å²) in [6, 6.07) is 14.5. The topological polar surface area (TPSA) is 44.9 Å². The van der Waals surface area contributed by atoms with Crippen LogP contribution in [0.25, 0.3) is 10.9 Å². The quantitative estimate of drug-likeness (QED) is 0.716. The number of rotatable bonds is 2. The number of anilines is 1. The van der Waals surface area contributed by atoms with Crippen LogP contribution in [0.5, 0.6) is 0 Å². The second-order valence-corrected chi connectivity index (χ2v) is 6.93. The molecular weight excluding hydrogens is 296 g/mol. The maximum absolute atomic E-state index is 12.7. The van der Waals surface area contributed by atoms with Crippen molar-refractivity contribution in [1.82, 2.24) is 4.98 Å². The lowest BCUT2D eigenvalue weighted by molar-refractivity contribution is -0.120. The number of aromatic amines is 1. The van der Waals surface area contributed by atoms with E-state index in [1.165, 1.54) is 33.3 Å². The van der Waals surface area contributed by atoms with Crippen molar-refractivity contribution in [2.45, 2.75) is 33.1 Å². The third-order valence-corrected chi connectivity index (χ3v) is 5.03. The van der Waals surface area contributed by atoms with Gasteiger partial charge in [-0.2, -0.15) is 0 Å². The van der Waals surface area contributed by atoms with Gasteiger partial charge in [0.25, 0.3) is 0 Å². The molecule has 0 saturated carbocycles. The second kappa shape index (κ2) is 5.82. The summed E-state index contributed by atoms with van der Waals surface area (Å²) in [6.45, 7) is 4.16. The van der Waals surface area contributed by atoms with Gasteiger partial charge < -0.3 is 10.3 Å². The first-order valence-electron chi connectivity index (χ1n) is 8.58. The Morgan fingerprint density at radius 1 is 1.08 bits per heavy atom. The van der Waals surface area contributed by atoms with Crippen LogP contribution in [0.1, 0.15) is 28.8 Å². The van der Waals surface area contributed by atoms with Crippen LogP contribution in [0.3, 0.4) is 0 Å². The number of hydrogen-bond acceptors (Lipinski definition) is 1. The Hall–Kier alpha value is -2.55. The lowest BCUT2D eigenvalue weighted by atomic mass is 9.85. The van der Waals surface area contributed by atoms with Crippen molar-refractivity contribution >= 4 is 22.5 Å². The van der Waals surface area contributed by atoms with Crippen molar-refractivity contribution in [3.8, 4) is 0 Å². The molecule has 2 N–H and O–H groups in total. The smallest absolute Gasteiger partial charge is 0.227 e. The van der Waals surface area contributed by atoms with E-state index in [9.17, 15) is 4.79 Å². The summed E-state index contributed by atoms with van der Waals surface area (Å²) in [5, 5.41) is 4.35.